The summed E-state index contributed by atoms with van der Waals surface area (Å²) in [7, 11) is 0. The van der Waals surface area contributed by atoms with Crippen molar-refractivity contribution in [3.8, 4) is 17.1 Å². The molecule has 1 unspecified atom stereocenters. The highest BCUT2D eigenvalue weighted by molar-refractivity contribution is 6.30. The highest BCUT2D eigenvalue weighted by atomic mass is 35.5. The third-order valence-electron chi connectivity index (χ3n) is 3.38. The van der Waals surface area contributed by atoms with E-state index in [1.165, 1.54) is 18.2 Å². The van der Waals surface area contributed by atoms with Gasteiger partial charge in [-0.25, -0.2) is 4.39 Å². The number of halogens is 2. The molecule has 118 valence electrons. The maximum absolute atomic E-state index is 13.2. The number of nitrogens with zero attached hydrogens (tertiary/aromatic N) is 2. The van der Waals surface area contributed by atoms with Crippen molar-refractivity contribution in [2.75, 3.05) is 0 Å². The minimum atomic E-state index is -0.494. The molecule has 0 bridgehead atoms. The summed E-state index contributed by atoms with van der Waals surface area (Å²) in [6.45, 7) is 3.75. The Balaban J connectivity index is 1.80. The zero-order valence-electron chi connectivity index (χ0n) is 12.6. The quantitative estimate of drug-likeness (QED) is 0.676. The van der Waals surface area contributed by atoms with Gasteiger partial charge < -0.3 is 9.26 Å². The van der Waals surface area contributed by atoms with Crippen molar-refractivity contribution in [1.29, 1.82) is 0 Å². The van der Waals surface area contributed by atoms with Gasteiger partial charge in [0.25, 0.3) is 5.89 Å². The standard InChI is InChI=1S/C17H14ClFN2O2/c1-10-5-3-4-6-13(10)16-20-17(23-21-16)11(2)22-12-7-8-15(19)14(18)9-12/h3-9,11H,1-2H3. The average Bonchev–Trinajstić information content (AvgIpc) is 3.01. The molecule has 1 heterocycles. The van der Waals surface area contributed by atoms with Gasteiger partial charge >= 0.3 is 0 Å². The number of hydrogen-bond donors (Lipinski definition) is 0. The van der Waals surface area contributed by atoms with Crippen LogP contribution in [0.4, 0.5) is 4.39 Å². The molecule has 2 aromatic carbocycles. The van der Waals surface area contributed by atoms with Crippen molar-refractivity contribution in [3.63, 3.8) is 0 Å². The lowest BCUT2D eigenvalue weighted by Crippen LogP contribution is -2.03. The lowest BCUT2D eigenvalue weighted by molar-refractivity contribution is 0.175. The van der Waals surface area contributed by atoms with Gasteiger partial charge in [0, 0.05) is 11.6 Å². The van der Waals surface area contributed by atoms with Gasteiger partial charge in [-0.15, -0.1) is 0 Å². The predicted molar refractivity (Wildman–Crippen MR) is 84.9 cm³/mol. The summed E-state index contributed by atoms with van der Waals surface area (Å²) in [4.78, 5) is 4.37. The van der Waals surface area contributed by atoms with Gasteiger partial charge in [0.05, 0.1) is 5.02 Å². The van der Waals surface area contributed by atoms with E-state index in [-0.39, 0.29) is 5.02 Å². The second-order valence-corrected chi connectivity index (χ2v) is 5.51. The summed E-state index contributed by atoms with van der Waals surface area (Å²) in [5.74, 6) is 0.778. The average molecular weight is 333 g/mol. The Labute approximate surface area is 137 Å². The van der Waals surface area contributed by atoms with Crippen molar-refractivity contribution in [3.05, 3.63) is 64.8 Å². The number of aromatic nitrogens is 2. The highest BCUT2D eigenvalue weighted by Gasteiger charge is 2.18. The lowest BCUT2D eigenvalue weighted by atomic mass is 10.1. The fourth-order valence-corrected chi connectivity index (χ4v) is 2.31. The van der Waals surface area contributed by atoms with Crippen LogP contribution in [0.2, 0.25) is 5.02 Å². The summed E-state index contributed by atoms with van der Waals surface area (Å²) in [5, 5.41) is 3.99. The molecular formula is C17H14ClFN2O2. The van der Waals surface area contributed by atoms with Gasteiger partial charge in [-0.3, -0.25) is 0 Å². The molecule has 0 amide bonds. The van der Waals surface area contributed by atoms with E-state index in [1.54, 1.807) is 6.92 Å². The fourth-order valence-electron chi connectivity index (χ4n) is 2.14. The van der Waals surface area contributed by atoms with Gasteiger partial charge in [0.2, 0.25) is 5.82 Å². The van der Waals surface area contributed by atoms with E-state index in [1.807, 2.05) is 31.2 Å². The predicted octanol–water partition coefficient (Wildman–Crippen LogP) is 4.98. The molecule has 0 aliphatic carbocycles. The second-order valence-electron chi connectivity index (χ2n) is 5.11. The van der Waals surface area contributed by atoms with Gasteiger partial charge in [0.15, 0.2) is 6.10 Å². The van der Waals surface area contributed by atoms with E-state index in [0.29, 0.717) is 17.5 Å². The van der Waals surface area contributed by atoms with Crippen molar-refractivity contribution < 1.29 is 13.7 Å². The normalized spacial score (nSPS) is 12.2. The molecule has 3 aromatic rings. The van der Waals surface area contributed by atoms with E-state index >= 15 is 0 Å². The zero-order valence-corrected chi connectivity index (χ0v) is 13.3. The van der Waals surface area contributed by atoms with Crippen molar-refractivity contribution in [2.45, 2.75) is 20.0 Å². The molecule has 0 saturated carbocycles. The molecule has 6 heteroatoms. The Hall–Kier alpha value is -2.40. The maximum Gasteiger partial charge on any atom is 0.267 e. The maximum atomic E-state index is 13.2. The third kappa shape index (κ3) is 3.35. The van der Waals surface area contributed by atoms with Crippen LogP contribution >= 0.6 is 11.6 Å². The minimum Gasteiger partial charge on any atom is -0.481 e. The van der Waals surface area contributed by atoms with Gasteiger partial charge in [-0.1, -0.05) is 41.0 Å². The number of ether oxygens (including phenoxy) is 1. The fraction of sp³-hybridized carbons (Fsp3) is 0.176. The van der Waals surface area contributed by atoms with E-state index < -0.39 is 11.9 Å². The van der Waals surface area contributed by atoms with E-state index in [0.717, 1.165) is 11.1 Å². The summed E-state index contributed by atoms with van der Waals surface area (Å²) >= 11 is 5.74. The molecule has 0 spiro atoms. The Bertz CT molecular complexity index is 835. The molecule has 0 N–H and O–H groups in total. The van der Waals surface area contributed by atoms with Crippen LogP contribution in [0.5, 0.6) is 5.75 Å². The van der Waals surface area contributed by atoms with Crippen LogP contribution in [0.15, 0.2) is 47.0 Å². The third-order valence-corrected chi connectivity index (χ3v) is 3.67. The summed E-state index contributed by atoms with van der Waals surface area (Å²) < 4.78 is 24.1. The summed E-state index contributed by atoms with van der Waals surface area (Å²) in [5.41, 5.74) is 1.96. The Morgan fingerprint density at radius 3 is 2.74 bits per heavy atom. The molecule has 0 aliphatic rings. The van der Waals surface area contributed by atoms with E-state index in [4.69, 9.17) is 20.9 Å². The van der Waals surface area contributed by atoms with Crippen LogP contribution in [0.25, 0.3) is 11.4 Å². The Kier molecular flexibility index (Phi) is 4.30. The first-order valence-corrected chi connectivity index (χ1v) is 7.43. The molecule has 1 atom stereocenters. The molecule has 0 aliphatic heterocycles. The van der Waals surface area contributed by atoms with Crippen molar-refractivity contribution in [1.82, 2.24) is 10.1 Å². The number of aryl methyl sites for hydroxylation is 1. The topological polar surface area (TPSA) is 48.2 Å². The Morgan fingerprint density at radius 1 is 1.22 bits per heavy atom. The molecule has 23 heavy (non-hydrogen) atoms. The second kappa shape index (κ2) is 6.38. The van der Waals surface area contributed by atoms with Gasteiger partial charge in [0.1, 0.15) is 11.6 Å². The smallest absolute Gasteiger partial charge is 0.267 e. The van der Waals surface area contributed by atoms with Crippen LogP contribution in [0.1, 0.15) is 24.5 Å². The zero-order chi connectivity index (χ0) is 16.4. The molecule has 3 rings (SSSR count). The number of rotatable bonds is 4. The summed E-state index contributed by atoms with van der Waals surface area (Å²) in [6, 6.07) is 11.9. The molecule has 1 aromatic heterocycles. The highest BCUT2D eigenvalue weighted by Crippen LogP contribution is 2.27. The van der Waals surface area contributed by atoms with Gasteiger partial charge in [-0.05, 0) is 31.5 Å². The molecule has 4 nitrogen and oxygen atoms in total. The monoisotopic (exact) mass is 332 g/mol. The first kappa shape index (κ1) is 15.5. The molecule has 0 fully saturated rings. The Morgan fingerprint density at radius 2 is 2.00 bits per heavy atom. The number of benzene rings is 2. The van der Waals surface area contributed by atoms with Crippen LogP contribution in [-0.2, 0) is 0 Å². The van der Waals surface area contributed by atoms with Crippen LogP contribution in [-0.4, -0.2) is 10.1 Å². The van der Waals surface area contributed by atoms with Crippen LogP contribution < -0.4 is 4.74 Å². The first-order valence-electron chi connectivity index (χ1n) is 7.06. The van der Waals surface area contributed by atoms with E-state index in [2.05, 4.69) is 10.1 Å². The van der Waals surface area contributed by atoms with E-state index in [9.17, 15) is 4.39 Å². The SMILES string of the molecule is Cc1ccccc1-c1noc(C(C)Oc2ccc(F)c(Cl)c2)n1. The minimum absolute atomic E-state index is 0.000767. The summed E-state index contributed by atoms with van der Waals surface area (Å²) in [6.07, 6.45) is -0.484. The number of hydrogen-bond acceptors (Lipinski definition) is 4. The first-order chi connectivity index (χ1) is 11.0. The van der Waals surface area contributed by atoms with Crippen LogP contribution in [0.3, 0.4) is 0 Å². The molecular weight excluding hydrogens is 319 g/mol. The molecule has 0 radical (unpaired) electrons. The lowest BCUT2D eigenvalue weighted by Gasteiger charge is -2.10. The largest absolute Gasteiger partial charge is 0.481 e. The van der Waals surface area contributed by atoms with Crippen molar-refractivity contribution in [2.24, 2.45) is 0 Å². The van der Waals surface area contributed by atoms with Crippen molar-refractivity contribution >= 4 is 11.6 Å². The van der Waals surface area contributed by atoms with Gasteiger partial charge in [-0.2, -0.15) is 4.98 Å². The van der Waals surface area contributed by atoms with Crippen LogP contribution in [0, 0.1) is 12.7 Å². The molecule has 0 saturated heterocycles.